The molecule has 0 saturated carbocycles. The molecule has 5 N–H and O–H groups in total. The van der Waals surface area contributed by atoms with Gasteiger partial charge in [0.2, 0.25) is 5.95 Å². The van der Waals surface area contributed by atoms with E-state index < -0.39 is 17.6 Å². The molecule has 2 aliphatic rings. The third-order valence-corrected chi connectivity index (χ3v) is 8.12. The first-order valence-electron chi connectivity index (χ1n) is 14.2. The van der Waals surface area contributed by atoms with Crippen LogP contribution < -0.4 is 26.0 Å². The largest absolute Gasteiger partial charge is 0.494 e. The van der Waals surface area contributed by atoms with E-state index in [2.05, 4.69) is 30.5 Å². The summed E-state index contributed by atoms with van der Waals surface area (Å²) < 4.78 is 47.6. The number of alkyl halides is 2. The first kappa shape index (κ1) is 28.6. The lowest BCUT2D eigenvalue weighted by Gasteiger charge is -2.42. The zero-order valence-corrected chi connectivity index (χ0v) is 23.7. The van der Waals surface area contributed by atoms with Gasteiger partial charge in [0.25, 0.3) is 11.8 Å². The van der Waals surface area contributed by atoms with Crippen molar-refractivity contribution in [3.8, 4) is 5.75 Å². The number of H-pyrrole nitrogens is 1. The molecule has 0 aliphatic carbocycles. The maximum atomic E-state index is 14.0. The quantitative estimate of drug-likeness (QED) is 0.214. The molecule has 226 valence electrons. The molecule has 0 radical (unpaired) electrons. The highest BCUT2D eigenvalue weighted by Gasteiger charge is 2.38. The molecule has 6 rings (SSSR count). The smallest absolute Gasteiger partial charge is 0.260 e. The van der Waals surface area contributed by atoms with Gasteiger partial charge < -0.3 is 31.0 Å². The van der Waals surface area contributed by atoms with Crippen LogP contribution in [0.3, 0.4) is 0 Å². The minimum absolute atomic E-state index is 0.0204. The van der Waals surface area contributed by atoms with Crippen LogP contribution in [0.5, 0.6) is 5.75 Å². The number of rotatable bonds is 8. The molecule has 4 aromatic rings. The lowest BCUT2D eigenvalue weighted by molar-refractivity contribution is -0.0771. The number of aromatic nitrogens is 3. The molecular weight excluding hydrogens is 561 g/mol. The van der Waals surface area contributed by atoms with Crippen molar-refractivity contribution in [3.05, 3.63) is 60.0 Å². The number of aromatic amines is 1. The topological polar surface area (TPSA) is 124 Å². The Morgan fingerprint density at radius 3 is 2.63 bits per heavy atom. The zero-order chi connectivity index (χ0) is 30.1. The molecule has 2 aromatic carbocycles. The van der Waals surface area contributed by atoms with Crippen molar-refractivity contribution < 1.29 is 22.7 Å². The molecular formula is C30H33F3N8O2. The van der Waals surface area contributed by atoms with Crippen molar-refractivity contribution in [2.75, 3.05) is 48.8 Å². The number of ether oxygens (including phenoxy) is 1. The van der Waals surface area contributed by atoms with Gasteiger partial charge in [0.15, 0.2) is 0 Å². The first-order valence-corrected chi connectivity index (χ1v) is 14.2. The number of amides is 1. The average molecular weight is 595 g/mol. The van der Waals surface area contributed by atoms with Crippen molar-refractivity contribution in [3.63, 3.8) is 0 Å². The maximum Gasteiger partial charge on any atom is 0.260 e. The molecule has 2 aliphatic heterocycles. The van der Waals surface area contributed by atoms with Crippen LogP contribution in [0.25, 0.3) is 11.0 Å². The van der Waals surface area contributed by atoms with Crippen LogP contribution in [-0.4, -0.2) is 71.0 Å². The van der Waals surface area contributed by atoms with Crippen LogP contribution in [0.4, 0.5) is 42.0 Å². The van der Waals surface area contributed by atoms with Gasteiger partial charge in [-0.1, -0.05) is 0 Å². The predicted octanol–water partition coefficient (Wildman–Crippen LogP) is 5.39. The van der Waals surface area contributed by atoms with Crippen LogP contribution in [0.1, 0.15) is 36.0 Å². The fourth-order valence-electron chi connectivity index (χ4n) is 5.95. The lowest BCUT2D eigenvalue weighted by atomic mass is 9.98. The average Bonchev–Trinajstić information content (AvgIpc) is 3.46. The van der Waals surface area contributed by atoms with E-state index in [1.807, 2.05) is 23.1 Å². The van der Waals surface area contributed by atoms with Crippen LogP contribution >= 0.6 is 0 Å². The summed E-state index contributed by atoms with van der Waals surface area (Å²) in [5.74, 6) is -2.69. The Bertz CT molecular complexity index is 1640. The fraction of sp³-hybridized carbons (Fsp3) is 0.367. The Balaban J connectivity index is 1.19. The fourth-order valence-corrected chi connectivity index (χ4v) is 5.95. The number of nitrogens with one attached hydrogen (secondary N) is 3. The summed E-state index contributed by atoms with van der Waals surface area (Å²) in [6.07, 6.45) is 3.86. The van der Waals surface area contributed by atoms with Gasteiger partial charge >= 0.3 is 0 Å². The summed E-state index contributed by atoms with van der Waals surface area (Å²) in [5.41, 5.74) is 7.90. The minimum atomic E-state index is -2.59. The third-order valence-electron chi connectivity index (χ3n) is 8.12. The molecule has 13 heteroatoms. The van der Waals surface area contributed by atoms with Gasteiger partial charge in [-0.25, -0.2) is 13.2 Å². The van der Waals surface area contributed by atoms with Crippen molar-refractivity contribution in [1.82, 2.24) is 19.9 Å². The number of nitrogens with two attached hydrogens (primary N) is 1. The molecule has 0 atom stereocenters. The molecule has 0 bridgehead atoms. The summed E-state index contributed by atoms with van der Waals surface area (Å²) >= 11 is 0. The normalized spacial score (nSPS) is 17.6. The van der Waals surface area contributed by atoms with Crippen molar-refractivity contribution in [2.24, 2.45) is 5.73 Å². The highest BCUT2D eigenvalue weighted by atomic mass is 19.3. The molecule has 43 heavy (non-hydrogen) atoms. The Labute approximate surface area is 246 Å². The first-order chi connectivity index (χ1) is 20.7. The summed E-state index contributed by atoms with van der Waals surface area (Å²) in [7, 11) is 1.57. The standard InChI is InChI=1S/C30H33F3N8O2/c1-43-25-16-20(40-13-8-19(9-14-40)41-12-2-10-30(32,33)17-41)4-6-23(25)37-29-38-27-22(7-11-35-27)28(39-29)36-24-15-18(31)3-5-21(24)26(34)42/h3-7,11,15-16,19H,2,8-10,12-14,17H2,1H3,(H2,34,42)(H3,35,36,37,38,39). The predicted molar refractivity (Wildman–Crippen MR) is 159 cm³/mol. The van der Waals surface area contributed by atoms with Gasteiger partial charge in [-0.3, -0.25) is 9.69 Å². The van der Waals surface area contributed by atoms with E-state index in [-0.39, 0.29) is 36.2 Å². The van der Waals surface area contributed by atoms with E-state index in [0.29, 0.717) is 34.7 Å². The van der Waals surface area contributed by atoms with Gasteiger partial charge in [0, 0.05) is 43.5 Å². The van der Waals surface area contributed by atoms with Gasteiger partial charge in [-0.2, -0.15) is 9.97 Å². The third kappa shape index (κ3) is 6.17. The van der Waals surface area contributed by atoms with Crippen LogP contribution in [-0.2, 0) is 0 Å². The molecule has 10 nitrogen and oxygen atoms in total. The van der Waals surface area contributed by atoms with Gasteiger partial charge in [-0.05, 0) is 62.2 Å². The Hall–Kier alpha value is -4.52. The SMILES string of the molecule is COc1cc(N2CCC(N3CCCC(F)(F)C3)CC2)ccc1Nc1nc(Nc2cc(F)ccc2C(N)=O)c2cc[nH]c2n1. The second kappa shape index (κ2) is 11.6. The van der Waals surface area contributed by atoms with E-state index in [4.69, 9.17) is 10.5 Å². The Morgan fingerprint density at radius 1 is 1.07 bits per heavy atom. The van der Waals surface area contributed by atoms with E-state index in [1.54, 1.807) is 19.4 Å². The second-order valence-electron chi connectivity index (χ2n) is 11.0. The minimum Gasteiger partial charge on any atom is -0.494 e. The number of fused-ring (bicyclic) bond motifs is 1. The number of anilines is 5. The van der Waals surface area contributed by atoms with Crippen molar-refractivity contribution >= 4 is 45.8 Å². The molecule has 2 saturated heterocycles. The van der Waals surface area contributed by atoms with E-state index in [1.165, 1.54) is 12.1 Å². The number of halogens is 3. The van der Waals surface area contributed by atoms with E-state index >= 15 is 0 Å². The number of carbonyl (C=O) groups is 1. The number of piperidine rings is 2. The van der Waals surface area contributed by atoms with E-state index in [9.17, 15) is 18.0 Å². The van der Waals surface area contributed by atoms with Gasteiger partial charge in [0.1, 0.15) is 23.0 Å². The van der Waals surface area contributed by atoms with Gasteiger partial charge in [0.05, 0.1) is 36.0 Å². The number of hydrogen-bond donors (Lipinski definition) is 4. The van der Waals surface area contributed by atoms with Crippen molar-refractivity contribution in [2.45, 2.75) is 37.6 Å². The molecule has 4 heterocycles. The highest BCUT2D eigenvalue weighted by Crippen LogP contribution is 2.35. The molecule has 2 aromatic heterocycles. The summed E-state index contributed by atoms with van der Waals surface area (Å²) in [6, 6.07) is 11.4. The molecule has 1 amide bonds. The van der Waals surface area contributed by atoms with Gasteiger partial charge in [-0.15, -0.1) is 0 Å². The number of nitrogens with zero attached hydrogens (tertiary/aromatic N) is 4. The van der Waals surface area contributed by atoms with Crippen LogP contribution in [0.15, 0.2) is 48.7 Å². The Morgan fingerprint density at radius 2 is 1.88 bits per heavy atom. The highest BCUT2D eigenvalue weighted by molar-refractivity contribution is 6.00. The number of carbonyl (C=O) groups excluding carboxylic acids is 1. The Kier molecular flexibility index (Phi) is 7.74. The number of hydrogen-bond acceptors (Lipinski definition) is 8. The number of primary amides is 1. The lowest BCUT2D eigenvalue weighted by Crippen LogP contribution is -2.51. The maximum absolute atomic E-state index is 14.0. The van der Waals surface area contributed by atoms with Crippen LogP contribution in [0, 0.1) is 5.82 Å². The van der Waals surface area contributed by atoms with Crippen LogP contribution in [0.2, 0.25) is 0 Å². The molecule has 2 fully saturated rings. The summed E-state index contributed by atoms with van der Waals surface area (Å²) in [6.45, 7) is 2.11. The molecule has 0 spiro atoms. The summed E-state index contributed by atoms with van der Waals surface area (Å²) in [4.78, 5) is 28.3. The number of benzene rings is 2. The number of methoxy groups -OCH3 is 1. The van der Waals surface area contributed by atoms with E-state index in [0.717, 1.165) is 44.2 Å². The van der Waals surface area contributed by atoms with Crippen molar-refractivity contribution in [1.29, 1.82) is 0 Å². The second-order valence-corrected chi connectivity index (χ2v) is 11.0. The molecule has 0 unspecified atom stereocenters. The number of likely N-dealkylation sites (tertiary alicyclic amines) is 1. The monoisotopic (exact) mass is 594 g/mol. The zero-order valence-electron chi connectivity index (χ0n) is 23.7. The summed E-state index contributed by atoms with van der Waals surface area (Å²) in [5, 5.41) is 6.86.